The van der Waals surface area contributed by atoms with Gasteiger partial charge in [-0.2, -0.15) is 5.10 Å². The van der Waals surface area contributed by atoms with Gasteiger partial charge in [0.1, 0.15) is 17.9 Å². The zero-order valence-corrected chi connectivity index (χ0v) is 16.8. The lowest BCUT2D eigenvalue weighted by atomic mass is 10.2. The Morgan fingerprint density at radius 1 is 1.07 bits per heavy atom. The second-order valence-electron chi connectivity index (χ2n) is 7.21. The summed E-state index contributed by atoms with van der Waals surface area (Å²) in [4.78, 5) is 28.9. The molecule has 1 aliphatic heterocycles. The second-order valence-corrected chi connectivity index (χ2v) is 8.38. The number of hydrogen-bond donors (Lipinski definition) is 0. The molecule has 0 N–H and O–H groups in total. The van der Waals surface area contributed by atoms with Gasteiger partial charge in [0.2, 0.25) is 5.91 Å². The molecule has 1 fully saturated rings. The highest BCUT2D eigenvalue weighted by Crippen LogP contribution is 2.29. The monoisotopic (exact) mass is 386 g/mol. The maximum Gasteiger partial charge on any atom is 0.291 e. The first-order valence-corrected chi connectivity index (χ1v) is 10.8. The van der Waals surface area contributed by atoms with Gasteiger partial charge in [0.25, 0.3) is 5.56 Å². The molecule has 1 saturated heterocycles. The number of amides is 1. The van der Waals surface area contributed by atoms with Crippen LogP contribution in [0.4, 0.5) is 0 Å². The van der Waals surface area contributed by atoms with Gasteiger partial charge in [-0.25, -0.2) is 4.68 Å². The number of thiophene rings is 1. The van der Waals surface area contributed by atoms with Crippen molar-refractivity contribution in [2.45, 2.75) is 58.9 Å². The average Bonchev–Trinajstić information content (AvgIpc) is 3.10. The number of aromatic nitrogens is 3. The normalized spacial score (nSPS) is 15.6. The molecule has 4 rings (SSSR count). The number of likely N-dealkylation sites (tertiary alicyclic amines) is 1. The average molecular weight is 387 g/mol. The van der Waals surface area contributed by atoms with Gasteiger partial charge < -0.3 is 4.90 Å². The first kappa shape index (κ1) is 18.2. The summed E-state index contributed by atoms with van der Waals surface area (Å²) in [7, 11) is 0. The SMILES string of the molecule is CCc1cc2c(cc3c(=O)n(CC(=O)N4CCCCCC4)nc(CC)n32)s1. The van der Waals surface area contributed by atoms with Crippen molar-refractivity contribution < 1.29 is 4.79 Å². The van der Waals surface area contributed by atoms with Crippen molar-refractivity contribution in [2.75, 3.05) is 13.1 Å². The van der Waals surface area contributed by atoms with Gasteiger partial charge in [0, 0.05) is 24.4 Å². The van der Waals surface area contributed by atoms with Gasteiger partial charge in [0.05, 0.1) is 10.2 Å². The Balaban J connectivity index is 1.74. The third-order valence-corrected chi connectivity index (χ3v) is 6.61. The molecule has 1 amide bonds. The van der Waals surface area contributed by atoms with Gasteiger partial charge in [0.15, 0.2) is 0 Å². The highest BCUT2D eigenvalue weighted by molar-refractivity contribution is 7.19. The lowest BCUT2D eigenvalue weighted by Gasteiger charge is -2.20. The third-order valence-electron chi connectivity index (χ3n) is 5.40. The minimum atomic E-state index is -0.183. The Morgan fingerprint density at radius 3 is 2.48 bits per heavy atom. The van der Waals surface area contributed by atoms with Crippen molar-refractivity contribution in [3.05, 3.63) is 33.2 Å². The fraction of sp³-hybridized carbons (Fsp3) is 0.550. The summed E-state index contributed by atoms with van der Waals surface area (Å²) >= 11 is 1.72. The Labute approximate surface area is 162 Å². The van der Waals surface area contributed by atoms with Gasteiger partial charge in [-0.05, 0) is 31.4 Å². The van der Waals surface area contributed by atoms with Gasteiger partial charge >= 0.3 is 0 Å². The number of rotatable bonds is 4. The second kappa shape index (κ2) is 7.46. The highest BCUT2D eigenvalue weighted by atomic mass is 32.1. The van der Waals surface area contributed by atoms with Crippen molar-refractivity contribution in [1.82, 2.24) is 19.1 Å². The molecule has 0 atom stereocenters. The van der Waals surface area contributed by atoms with E-state index in [0.29, 0.717) is 11.9 Å². The van der Waals surface area contributed by atoms with Crippen LogP contribution in [-0.4, -0.2) is 38.1 Å². The molecule has 1 aliphatic rings. The van der Waals surface area contributed by atoms with E-state index >= 15 is 0 Å². The molecule has 4 heterocycles. The van der Waals surface area contributed by atoms with E-state index in [1.54, 1.807) is 11.3 Å². The van der Waals surface area contributed by atoms with E-state index in [4.69, 9.17) is 0 Å². The molecule has 0 radical (unpaired) electrons. The van der Waals surface area contributed by atoms with E-state index in [9.17, 15) is 9.59 Å². The molecule has 0 spiro atoms. The summed E-state index contributed by atoms with van der Waals surface area (Å²) in [5.74, 6) is 0.822. The molecule has 0 bridgehead atoms. The topological polar surface area (TPSA) is 59.6 Å². The number of carbonyl (C=O) groups excluding carboxylic acids is 1. The van der Waals surface area contributed by atoms with Crippen LogP contribution in [0.3, 0.4) is 0 Å². The molecular weight excluding hydrogens is 360 g/mol. The predicted molar refractivity (Wildman–Crippen MR) is 109 cm³/mol. The summed E-state index contributed by atoms with van der Waals surface area (Å²) in [6, 6.07) is 4.11. The van der Waals surface area contributed by atoms with Crippen LogP contribution < -0.4 is 5.56 Å². The minimum Gasteiger partial charge on any atom is -0.341 e. The third kappa shape index (κ3) is 3.29. The number of hydrogen-bond acceptors (Lipinski definition) is 4. The summed E-state index contributed by atoms with van der Waals surface area (Å²) in [6.45, 7) is 5.78. The summed E-state index contributed by atoms with van der Waals surface area (Å²) in [6.07, 6.45) is 6.13. The molecule has 0 saturated carbocycles. The van der Waals surface area contributed by atoms with Crippen LogP contribution in [0.25, 0.3) is 15.7 Å². The number of carbonyl (C=O) groups is 1. The molecule has 7 heteroatoms. The predicted octanol–water partition coefficient (Wildman–Crippen LogP) is 3.24. The van der Waals surface area contributed by atoms with Crippen molar-refractivity contribution in [1.29, 1.82) is 0 Å². The zero-order valence-electron chi connectivity index (χ0n) is 16.0. The van der Waals surface area contributed by atoms with Crippen molar-refractivity contribution in [2.24, 2.45) is 0 Å². The smallest absolute Gasteiger partial charge is 0.291 e. The molecule has 0 unspecified atom stereocenters. The van der Waals surface area contributed by atoms with Gasteiger partial charge in [-0.15, -0.1) is 11.3 Å². The van der Waals surface area contributed by atoms with E-state index in [0.717, 1.165) is 48.4 Å². The molecule has 144 valence electrons. The molecule has 3 aromatic rings. The quantitative estimate of drug-likeness (QED) is 0.692. The van der Waals surface area contributed by atoms with Crippen LogP contribution in [0, 0.1) is 0 Å². The maximum atomic E-state index is 13.0. The molecule has 27 heavy (non-hydrogen) atoms. The molecule has 0 aliphatic carbocycles. The van der Waals surface area contributed by atoms with Crippen LogP contribution in [0.5, 0.6) is 0 Å². The molecule has 6 nitrogen and oxygen atoms in total. The fourth-order valence-electron chi connectivity index (χ4n) is 3.90. The molecule has 0 aromatic carbocycles. The number of fused-ring (bicyclic) bond motifs is 3. The molecular formula is C20H26N4O2S. The summed E-state index contributed by atoms with van der Waals surface area (Å²) in [5, 5.41) is 4.56. The fourth-order valence-corrected chi connectivity index (χ4v) is 4.92. The van der Waals surface area contributed by atoms with E-state index in [2.05, 4.69) is 18.1 Å². The zero-order chi connectivity index (χ0) is 19.0. The Hall–Kier alpha value is -2.15. The van der Waals surface area contributed by atoms with E-state index in [1.807, 2.05) is 22.3 Å². The standard InChI is InChI=1S/C20H26N4O2S/c1-3-14-11-15-17(27-14)12-16-20(26)23(21-18(4-2)24(15)16)13-19(25)22-9-7-5-6-8-10-22/h11-12H,3-10,13H2,1-2H3. The Kier molecular flexibility index (Phi) is 5.04. The molecule has 3 aromatic heterocycles. The first-order valence-electron chi connectivity index (χ1n) is 9.94. The largest absolute Gasteiger partial charge is 0.341 e. The number of nitrogens with zero attached hydrogens (tertiary/aromatic N) is 4. The Bertz CT molecular complexity index is 1040. The van der Waals surface area contributed by atoms with E-state index < -0.39 is 0 Å². The Morgan fingerprint density at radius 2 is 1.81 bits per heavy atom. The van der Waals surface area contributed by atoms with Gasteiger partial charge in [-0.1, -0.05) is 26.7 Å². The van der Waals surface area contributed by atoms with E-state index in [1.165, 1.54) is 22.4 Å². The maximum absolute atomic E-state index is 13.0. The first-order chi connectivity index (χ1) is 13.1. The lowest BCUT2D eigenvalue weighted by molar-refractivity contribution is -0.132. The van der Waals surface area contributed by atoms with E-state index in [-0.39, 0.29) is 18.0 Å². The van der Waals surface area contributed by atoms with Crippen molar-refractivity contribution in [3.63, 3.8) is 0 Å². The number of aryl methyl sites for hydroxylation is 2. The van der Waals surface area contributed by atoms with Crippen LogP contribution in [-0.2, 0) is 24.2 Å². The summed E-state index contributed by atoms with van der Waals surface area (Å²) < 4.78 is 4.45. The lowest BCUT2D eigenvalue weighted by Crippen LogP contribution is -2.38. The van der Waals surface area contributed by atoms with Gasteiger partial charge in [-0.3, -0.25) is 14.0 Å². The van der Waals surface area contributed by atoms with Crippen LogP contribution in [0.2, 0.25) is 0 Å². The van der Waals surface area contributed by atoms with Crippen molar-refractivity contribution >= 4 is 33.0 Å². The van der Waals surface area contributed by atoms with Crippen LogP contribution in [0.15, 0.2) is 16.9 Å². The minimum absolute atomic E-state index is 0.000426. The highest BCUT2D eigenvalue weighted by Gasteiger charge is 2.20. The van der Waals surface area contributed by atoms with Crippen LogP contribution >= 0.6 is 11.3 Å². The van der Waals surface area contributed by atoms with Crippen molar-refractivity contribution in [3.8, 4) is 0 Å². The van der Waals surface area contributed by atoms with Crippen LogP contribution in [0.1, 0.15) is 50.2 Å². The summed E-state index contributed by atoms with van der Waals surface area (Å²) in [5.41, 5.74) is 1.49.